The van der Waals surface area contributed by atoms with Crippen LogP contribution in [0.1, 0.15) is 44.6 Å². The monoisotopic (exact) mass is 466 g/mol. The standard InChI is InChI=1S/C27H34N2O5/c1-2-24(30)29(23-12-7-4-8-13-23)27(26(33)34-21-9-14-25(31)32)16-19-28(20-17-27)18-15-22-10-5-3-6-11-22/h3-8,10-13H,2,9,14-21H2,1H3,(H,31,32). The maximum absolute atomic E-state index is 13.5. The molecule has 1 saturated heterocycles. The summed E-state index contributed by atoms with van der Waals surface area (Å²) in [6, 6.07) is 19.6. The number of rotatable bonds is 11. The highest BCUT2D eigenvalue weighted by Gasteiger charge is 2.50. The average molecular weight is 467 g/mol. The normalized spacial score (nSPS) is 15.4. The second-order valence-corrected chi connectivity index (χ2v) is 8.66. The maximum Gasteiger partial charge on any atom is 0.332 e. The number of anilines is 1. The Morgan fingerprint density at radius 2 is 1.62 bits per heavy atom. The van der Waals surface area contributed by atoms with Gasteiger partial charge in [-0.1, -0.05) is 55.5 Å². The molecule has 0 aromatic heterocycles. The van der Waals surface area contributed by atoms with Crippen molar-refractivity contribution >= 4 is 23.5 Å². The first-order chi connectivity index (χ1) is 16.5. The van der Waals surface area contributed by atoms with Crippen LogP contribution >= 0.6 is 0 Å². The number of piperidine rings is 1. The van der Waals surface area contributed by atoms with Gasteiger partial charge in [0.1, 0.15) is 5.54 Å². The van der Waals surface area contributed by atoms with Crippen molar-refractivity contribution in [3.63, 3.8) is 0 Å². The van der Waals surface area contributed by atoms with Gasteiger partial charge in [0.15, 0.2) is 0 Å². The fraction of sp³-hybridized carbons (Fsp3) is 0.444. The van der Waals surface area contributed by atoms with Gasteiger partial charge in [0.25, 0.3) is 0 Å². The smallest absolute Gasteiger partial charge is 0.332 e. The molecule has 1 heterocycles. The van der Waals surface area contributed by atoms with E-state index in [1.807, 2.05) is 48.5 Å². The van der Waals surface area contributed by atoms with Crippen LogP contribution in [0, 0.1) is 0 Å². The second kappa shape index (κ2) is 12.3. The van der Waals surface area contributed by atoms with Crippen LogP contribution in [-0.2, 0) is 25.5 Å². The Bertz CT molecular complexity index is 940. The molecule has 1 aliphatic rings. The van der Waals surface area contributed by atoms with E-state index < -0.39 is 17.5 Å². The van der Waals surface area contributed by atoms with Crippen LogP contribution in [0.2, 0.25) is 0 Å². The molecule has 0 bridgehead atoms. The lowest BCUT2D eigenvalue weighted by molar-refractivity contribution is -0.154. The minimum atomic E-state index is -1.11. The van der Waals surface area contributed by atoms with Crippen LogP contribution in [0.15, 0.2) is 60.7 Å². The van der Waals surface area contributed by atoms with E-state index in [4.69, 9.17) is 9.84 Å². The molecule has 0 aliphatic carbocycles. The second-order valence-electron chi connectivity index (χ2n) is 8.66. The zero-order valence-corrected chi connectivity index (χ0v) is 19.8. The molecule has 1 fully saturated rings. The number of ether oxygens (including phenoxy) is 1. The molecule has 1 N–H and O–H groups in total. The number of amides is 1. The van der Waals surface area contributed by atoms with Gasteiger partial charge >= 0.3 is 11.9 Å². The van der Waals surface area contributed by atoms with Crippen LogP contribution in [0.5, 0.6) is 0 Å². The Morgan fingerprint density at radius 1 is 1.00 bits per heavy atom. The number of likely N-dealkylation sites (tertiary alicyclic amines) is 1. The van der Waals surface area contributed by atoms with Crippen molar-refractivity contribution in [1.82, 2.24) is 4.90 Å². The van der Waals surface area contributed by atoms with Gasteiger partial charge in [0.05, 0.1) is 6.61 Å². The summed E-state index contributed by atoms with van der Waals surface area (Å²) in [5.74, 6) is -1.51. The molecule has 2 aromatic rings. The van der Waals surface area contributed by atoms with E-state index in [1.54, 1.807) is 11.8 Å². The van der Waals surface area contributed by atoms with Crippen LogP contribution < -0.4 is 4.90 Å². The molecule has 182 valence electrons. The minimum absolute atomic E-state index is 0.0214. The van der Waals surface area contributed by atoms with Crippen LogP contribution in [0.3, 0.4) is 0 Å². The van der Waals surface area contributed by atoms with Crippen molar-refractivity contribution in [3.05, 3.63) is 66.2 Å². The third kappa shape index (κ3) is 6.44. The Balaban J connectivity index is 1.78. The Labute approximate surface area is 201 Å². The number of carbonyl (C=O) groups is 3. The first kappa shape index (κ1) is 25.4. The van der Waals surface area contributed by atoms with Crippen molar-refractivity contribution in [1.29, 1.82) is 0 Å². The molecular weight excluding hydrogens is 432 g/mol. The highest BCUT2D eigenvalue weighted by Crippen LogP contribution is 2.35. The topological polar surface area (TPSA) is 87.1 Å². The molecular formula is C27H34N2O5. The fourth-order valence-corrected chi connectivity index (χ4v) is 4.49. The summed E-state index contributed by atoms with van der Waals surface area (Å²) < 4.78 is 5.58. The first-order valence-electron chi connectivity index (χ1n) is 12.0. The number of carboxylic acid groups (broad SMARTS) is 1. The van der Waals surface area contributed by atoms with Crippen molar-refractivity contribution in [3.8, 4) is 0 Å². The summed E-state index contributed by atoms with van der Waals surface area (Å²) in [6.45, 7) is 4.02. The molecule has 0 unspecified atom stereocenters. The summed E-state index contributed by atoms with van der Waals surface area (Å²) >= 11 is 0. The predicted molar refractivity (Wildman–Crippen MR) is 131 cm³/mol. The van der Waals surface area contributed by atoms with Crippen molar-refractivity contribution in [2.75, 3.05) is 31.1 Å². The molecule has 1 amide bonds. The molecule has 7 nitrogen and oxygen atoms in total. The Hall–Kier alpha value is -3.19. The lowest BCUT2D eigenvalue weighted by Gasteiger charge is -2.46. The number of esters is 1. The van der Waals surface area contributed by atoms with Gasteiger partial charge < -0.3 is 14.7 Å². The van der Waals surface area contributed by atoms with Crippen LogP contribution in [-0.4, -0.2) is 59.6 Å². The van der Waals surface area contributed by atoms with Crippen molar-refractivity contribution in [2.45, 2.75) is 51.0 Å². The molecule has 3 rings (SSSR count). The summed E-state index contributed by atoms with van der Waals surface area (Å²) in [4.78, 5) is 41.4. The molecule has 7 heteroatoms. The molecule has 0 spiro atoms. The van der Waals surface area contributed by atoms with Gasteiger partial charge in [-0.15, -0.1) is 0 Å². The van der Waals surface area contributed by atoms with Gasteiger partial charge in [0, 0.05) is 38.2 Å². The highest BCUT2D eigenvalue weighted by atomic mass is 16.5. The number of hydrogen-bond donors (Lipinski definition) is 1. The average Bonchev–Trinajstić information content (AvgIpc) is 2.87. The third-order valence-electron chi connectivity index (χ3n) is 6.39. The third-order valence-corrected chi connectivity index (χ3v) is 6.39. The Kier molecular flexibility index (Phi) is 9.22. The van der Waals surface area contributed by atoms with E-state index >= 15 is 0 Å². The highest BCUT2D eigenvalue weighted by molar-refractivity contribution is 6.02. The molecule has 0 atom stereocenters. The van der Waals surface area contributed by atoms with Gasteiger partial charge in [-0.2, -0.15) is 0 Å². The Morgan fingerprint density at radius 3 is 2.21 bits per heavy atom. The SMILES string of the molecule is CCC(=O)N(c1ccccc1)C1(C(=O)OCCCC(=O)O)CCN(CCc2ccccc2)CC1. The van der Waals surface area contributed by atoms with Crippen LogP contribution in [0.25, 0.3) is 0 Å². The van der Waals surface area contributed by atoms with Gasteiger partial charge in [-0.25, -0.2) is 4.79 Å². The minimum Gasteiger partial charge on any atom is -0.481 e. The summed E-state index contributed by atoms with van der Waals surface area (Å²) in [7, 11) is 0. The number of hydrogen-bond acceptors (Lipinski definition) is 5. The molecule has 0 saturated carbocycles. The van der Waals surface area contributed by atoms with Gasteiger partial charge in [-0.3, -0.25) is 14.5 Å². The van der Waals surface area contributed by atoms with Crippen molar-refractivity contribution in [2.24, 2.45) is 0 Å². The van der Waals surface area contributed by atoms with E-state index in [1.165, 1.54) is 5.56 Å². The first-order valence-corrected chi connectivity index (χ1v) is 12.0. The lowest BCUT2D eigenvalue weighted by Crippen LogP contribution is -2.63. The van der Waals surface area contributed by atoms with Crippen molar-refractivity contribution < 1.29 is 24.2 Å². The number of aliphatic carboxylic acids is 1. The van der Waals surface area contributed by atoms with Crippen LogP contribution in [0.4, 0.5) is 5.69 Å². The number of benzene rings is 2. The maximum atomic E-state index is 13.5. The van der Waals surface area contributed by atoms with E-state index in [2.05, 4.69) is 17.0 Å². The van der Waals surface area contributed by atoms with E-state index in [-0.39, 0.29) is 31.8 Å². The largest absolute Gasteiger partial charge is 0.481 e. The number of carboxylic acids is 1. The summed E-state index contributed by atoms with van der Waals surface area (Å²) in [5, 5.41) is 8.88. The quantitative estimate of drug-likeness (QED) is 0.399. The molecule has 0 radical (unpaired) electrons. The molecule has 1 aliphatic heterocycles. The fourth-order valence-electron chi connectivity index (χ4n) is 4.49. The molecule has 2 aromatic carbocycles. The molecule has 34 heavy (non-hydrogen) atoms. The summed E-state index contributed by atoms with van der Waals surface area (Å²) in [6.07, 6.45) is 2.28. The lowest BCUT2D eigenvalue weighted by atomic mass is 9.84. The number of carbonyl (C=O) groups excluding carboxylic acids is 2. The van der Waals surface area contributed by atoms with Gasteiger partial charge in [0.2, 0.25) is 5.91 Å². The van der Waals surface area contributed by atoms with Gasteiger partial charge in [-0.05, 0) is 43.4 Å². The predicted octanol–water partition coefficient (Wildman–Crippen LogP) is 3.91. The zero-order valence-electron chi connectivity index (χ0n) is 19.8. The van der Waals surface area contributed by atoms with E-state index in [0.717, 1.165) is 13.0 Å². The number of nitrogens with zero attached hydrogens (tertiary/aromatic N) is 2. The summed E-state index contributed by atoms with van der Waals surface area (Å²) in [5.41, 5.74) is 0.833. The zero-order chi connectivity index (χ0) is 24.4. The van der Waals surface area contributed by atoms with E-state index in [0.29, 0.717) is 31.6 Å². The number of para-hydroxylation sites is 1. The van der Waals surface area contributed by atoms with E-state index in [9.17, 15) is 14.4 Å².